The van der Waals surface area contributed by atoms with Gasteiger partial charge in [-0.2, -0.15) is 11.8 Å². The molecule has 0 spiro atoms. The maximum atomic E-state index is 10.7. The van der Waals surface area contributed by atoms with Crippen LogP contribution in [0, 0.1) is 0 Å². The molecule has 0 saturated carbocycles. The van der Waals surface area contributed by atoms with Crippen molar-refractivity contribution in [2.75, 3.05) is 30.4 Å². The summed E-state index contributed by atoms with van der Waals surface area (Å²) in [5, 5.41) is 15.9. The smallest absolute Gasteiger partial charge is 0.303 e. The number of nitrogens with one attached hydrogen (secondary N) is 2. The highest BCUT2D eigenvalue weighted by molar-refractivity contribution is 7.99. The normalized spacial score (nSPS) is 16.9. The summed E-state index contributed by atoms with van der Waals surface area (Å²) in [5.41, 5.74) is 4.94. The molecule has 2 aromatic rings. The van der Waals surface area contributed by atoms with E-state index in [-0.39, 0.29) is 12.5 Å². The molecule has 6 heteroatoms. The SMILES string of the molecule is CNc1ccccc1C(NCCCCCCC(=O)O)c1ccc(C2CCSC2)cc1S. The van der Waals surface area contributed by atoms with E-state index in [1.54, 1.807) is 0 Å². The van der Waals surface area contributed by atoms with Gasteiger partial charge in [-0.15, -0.1) is 12.6 Å². The van der Waals surface area contributed by atoms with Crippen LogP contribution >= 0.6 is 24.4 Å². The molecule has 1 aliphatic rings. The van der Waals surface area contributed by atoms with Gasteiger partial charge in [-0.05, 0) is 66.3 Å². The van der Waals surface area contributed by atoms with E-state index >= 15 is 0 Å². The van der Waals surface area contributed by atoms with E-state index < -0.39 is 5.97 Å². The predicted molar refractivity (Wildman–Crippen MR) is 135 cm³/mol. The minimum atomic E-state index is -0.706. The van der Waals surface area contributed by atoms with Crippen LogP contribution in [0.2, 0.25) is 0 Å². The van der Waals surface area contributed by atoms with Crippen LogP contribution in [0.1, 0.15) is 67.2 Å². The molecule has 1 aliphatic heterocycles. The van der Waals surface area contributed by atoms with E-state index in [9.17, 15) is 4.79 Å². The molecular formula is C25H34N2O2S2. The second-order valence-electron chi connectivity index (χ2n) is 8.16. The summed E-state index contributed by atoms with van der Waals surface area (Å²) in [6, 6.07) is 15.3. The second-order valence-corrected chi connectivity index (χ2v) is 9.79. The molecule has 1 fully saturated rings. The van der Waals surface area contributed by atoms with Gasteiger partial charge in [0.2, 0.25) is 0 Å². The van der Waals surface area contributed by atoms with Gasteiger partial charge in [-0.3, -0.25) is 4.79 Å². The maximum absolute atomic E-state index is 10.7. The minimum Gasteiger partial charge on any atom is -0.481 e. The molecule has 2 aromatic carbocycles. The molecule has 3 rings (SSSR count). The van der Waals surface area contributed by atoms with Crippen LogP contribution in [0.5, 0.6) is 0 Å². The van der Waals surface area contributed by atoms with Gasteiger partial charge < -0.3 is 15.7 Å². The summed E-state index contributed by atoms with van der Waals surface area (Å²) in [5.74, 6) is 2.40. The Labute approximate surface area is 196 Å². The molecule has 3 N–H and O–H groups in total. The molecule has 168 valence electrons. The fraction of sp³-hybridized carbons (Fsp3) is 0.480. The van der Waals surface area contributed by atoms with Crippen LogP contribution in [0.15, 0.2) is 47.4 Å². The highest BCUT2D eigenvalue weighted by atomic mass is 32.2. The van der Waals surface area contributed by atoms with Crippen molar-refractivity contribution in [3.63, 3.8) is 0 Å². The second kappa shape index (κ2) is 12.4. The van der Waals surface area contributed by atoms with Gasteiger partial charge in [0, 0.05) is 29.8 Å². The van der Waals surface area contributed by atoms with Crippen molar-refractivity contribution in [3.05, 3.63) is 59.2 Å². The lowest BCUT2D eigenvalue weighted by Crippen LogP contribution is -2.25. The van der Waals surface area contributed by atoms with Crippen molar-refractivity contribution in [1.82, 2.24) is 5.32 Å². The number of thiol groups is 1. The zero-order chi connectivity index (χ0) is 22.1. The largest absolute Gasteiger partial charge is 0.481 e. The Morgan fingerprint density at radius 3 is 2.68 bits per heavy atom. The highest BCUT2D eigenvalue weighted by Crippen LogP contribution is 2.37. The lowest BCUT2D eigenvalue weighted by atomic mass is 9.92. The minimum absolute atomic E-state index is 0.0576. The Balaban J connectivity index is 1.72. The van der Waals surface area contributed by atoms with Crippen LogP contribution < -0.4 is 10.6 Å². The zero-order valence-corrected chi connectivity index (χ0v) is 20.0. The fourth-order valence-corrected chi connectivity index (χ4v) is 5.84. The van der Waals surface area contributed by atoms with Crippen LogP contribution in [-0.2, 0) is 4.79 Å². The molecule has 0 aliphatic carbocycles. The molecule has 0 radical (unpaired) electrons. The zero-order valence-electron chi connectivity index (χ0n) is 18.3. The summed E-state index contributed by atoms with van der Waals surface area (Å²) in [4.78, 5) is 11.7. The third-order valence-electron chi connectivity index (χ3n) is 5.97. The predicted octanol–water partition coefficient (Wildman–Crippen LogP) is 5.95. The number of carbonyl (C=O) groups is 1. The number of unbranched alkanes of at least 4 members (excludes halogenated alkanes) is 3. The number of anilines is 1. The van der Waals surface area contributed by atoms with Crippen molar-refractivity contribution in [1.29, 1.82) is 0 Å². The first-order valence-electron chi connectivity index (χ1n) is 11.2. The molecule has 1 saturated heterocycles. The van der Waals surface area contributed by atoms with Crippen molar-refractivity contribution in [2.24, 2.45) is 0 Å². The Hall–Kier alpha value is -1.63. The average molecular weight is 459 g/mol. The Morgan fingerprint density at radius 1 is 1.16 bits per heavy atom. The Bertz CT molecular complexity index is 853. The molecule has 2 unspecified atom stereocenters. The van der Waals surface area contributed by atoms with E-state index in [1.807, 2.05) is 18.8 Å². The molecule has 31 heavy (non-hydrogen) atoms. The van der Waals surface area contributed by atoms with E-state index in [4.69, 9.17) is 17.7 Å². The van der Waals surface area contributed by atoms with Gasteiger partial charge in [0.05, 0.1) is 6.04 Å². The number of hydrogen-bond acceptors (Lipinski definition) is 5. The van der Waals surface area contributed by atoms with Crippen molar-refractivity contribution in [3.8, 4) is 0 Å². The molecule has 0 bridgehead atoms. The monoisotopic (exact) mass is 458 g/mol. The number of carboxylic acids is 1. The summed E-state index contributed by atoms with van der Waals surface area (Å²) in [6.07, 6.45) is 5.29. The van der Waals surface area contributed by atoms with Gasteiger partial charge in [-0.25, -0.2) is 0 Å². The van der Waals surface area contributed by atoms with Crippen molar-refractivity contribution in [2.45, 2.75) is 55.4 Å². The lowest BCUT2D eigenvalue weighted by molar-refractivity contribution is -0.137. The quantitative estimate of drug-likeness (QED) is 0.234. The van der Waals surface area contributed by atoms with Crippen LogP contribution in [0.4, 0.5) is 5.69 Å². The van der Waals surface area contributed by atoms with E-state index in [0.717, 1.165) is 42.8 Å². The Morgan fingerprint density at radius 2 is 1.97 bits per heavy atom. The van der Waals surface area contributed by atoms with Gasteiger partial charge >= 0.3 is 5.97 Å². The van der Waals surface area contributed by atoms with Crippen LogP contribution in [-0.4, -0.2) is 36.2 Å². The lowest BCUT2D eigenvalue weighted by Gasteiger charge is -2.24. The van der Waals surface area contributed by atoms with Gasteiger partial charge in [0.25, 0.3) is 0 Å². The van der Waals surface area contributed by atoms with Crippen LogP contribution in [0.3, 0.4) is 0 Å². The van der Waals surface area contributed by atoms with Crippen LogP contribution in [0.25, 0.3) is 0 Å². The van der Waals surface area contributed by atoms with Gasteiger partial charge in [0.1, 0.15) is 0 Å². The summed E-state index contributed by atoms with van der Waals surface area (Å²) < 4.78 is 0. The fourth-order valence-electron chi connectivity index (χ4n) is 4.22. The summed E-state index contributed by atoms with van der Waals surface area (Å²) >= 11 is 6.94. The molecule has 0 aromatic heterocycles. The Kier molecular flexibility index (Phi) is 9.62. The average Bonchev–Trinajstić information content (AvgIpc) is 3.31. The number of rotatable bonds is 12. The molecule has 2 atom stereocenters. The van der Waals surface area contributed by atoms with E-state index in [1.165, 1.54) is 34.6 Å². The first-order valence-corrected chi connectivity index (χ1v) is 12.8. The molecular weight excluding hydrogens is 424 g/mol. The highest BCUT2D eigenvalue weighted by Gasteiger charge is 2.22. The van der Waals surface area contributed by atoms with E-state index in [2.05, 4.69) is 53.1 Å². The summed E-state index contributed by atoms with van der Waals surface area (Å²) in [6.45, 7) is 0.879. The third kappa shape index (κ3) is 6.93. The first kappa shape index (κ1) is 24.0. The number of carboxylic acid groups (broad SMARTS) is 1. The number of hydrogen-bond donors (Lipinski definition) is 4. The topological polar surface area (TPSA) is 61.4 Å². The summed E-state index contributed by atoms with van der Waals surface area (Å²) in [7, 11) is 1.96. The number of aliphatic carboxylic acids is 1. The first-order chi connectivity index (χ1) is 15.1. The number of thioether (sulfide) groups is 1. The van der Waals surface area contributed by atoms with Gasteiger partial charge in [-0.1, -0.05) is 43.2 Å². The number of para-hydroxylation sites is 1. The third-order valence-corrected chi connectivity index (χ3v) is 7.52. The molecule has 0 amide bonds. The van der Waals surface area contributed by atoms with E-state index in [0.29, 0.717) is 5.92 Å². The van der Waals surface area contributed by atoms with Gasteiger partial charge in [0.15, 0.2) is 0 Å². The molecule has 4 nitrogen and oxygen atoms in total. The molecule has 1 heterocycles. The van der Waals surface area contributed by atoms with Crippen molar-refractivity contribution >= 4 is 36.0 Å². The maximum Gasteiger partial charge on any atom is 0.303 e. The standard InChI is InChI=1S/C25H34N2O2S2/c1-26-22-9-6-5-8-20(22)25(27-14-7-3-2-4-10-24(28)29)21-12-11-18(16-23(21)30)19-13-15-31-17-19/h5-6,8-9,11-12,16,19,25-27,30H,2-4,7,10,13-15,17H2,1H3,(H,28,29). The van der Waals surface area contributed by atoms with Crippen molar-refractivity contribution < 1.29 is 9.90 Å². The number of benzene rings is 2.